The van der Waals surface area contributed by atoms with E-state index in [-0.39, 0.29) is 11.3 Å². The van der Waals surface area contributed by atoms with Crippen LogP contribution in [0.25, 0.3) is 15.5 Å². The molecule has 0 atom stereocenters. The first-order valence-electron chi connectivity index (χ1n) is 5.09. The van der Waals surface area contributed by atoms with Crippen LogP contribution in [0.2, 0.25) is 0 Å². The Morgan fingerprint density at radius 2 is 2.05 bits per heavy atom. The molecule has 0 saturated carbocycles. The standard InChI is InChI=1S/C10H6F3N5S/c11-10(12,13)5-1-2-7(14)6(3-5)8-17-18-4-15-16-9(18)19-8/h1-4H,14H2. The summed E-state index contributed by atoms with van der Waals surface area (Å²) in [6.07, 6.45) is -3.04. The number of rotatable bonds is 1. The smallest absolute Gasteiger partial charge is 0.398 e. The van der Waals surface area contributed by atoms with Crippen LogP contribution in [-0.4, -0.2) is 19.8 Å². The Morgan fingerprint density at radius 1 is 1.26 bits per heavy atom. The molecule has 0 radical (unpaired) electrons. The third kappa shape index (κ3) is 2.01. The Hall–Kier alpha value is -2.16. The second-order valence-corrected chi connectivity index (χ2v) is 4.72. The van der Waals surface area contributed by atoms with Crippen molar-refractivity contribution in [1.82, 2.24) is 19.8 Å². The number of aromatic nitrogens is 4. The van der Waals surface area contributed by atoms with E-state index in [0.29, 0.717) is 9.97 Å². The number of nitrogens with zero attached hydrogens (tertiary/aromatic N) is 4. The van der Waals surface area contributed by atoms with E-state index in [0.717, 1.165) is 23.5 Å². The molecule has 0 fully saturated rings. The Balaban J connectivity index is 2.16. The lowest BCUT2D eigenvalue weighted by Crippen LogP contribution is -2.05. The van der Waals surface area contributed by atoms with Crippen molar-refractivity contribution >= 4 is 22.0 Å². The van der Waals surface area contributed by atoms with Crippen LogP contribution in [0.4, 0.5) is 18.9 Å². The molecule has 0 saturated heterocycles. The van der Waals surface area contributed by atoms with Crippen molar-refractivity contribution in [2.45, 2.75) is 6.18 Å². The van der Waals surface area contributed by atoms with Gasteiger partial charge in [-0.3, -0.25) is 0 Å². The van der Waals surface area contributed by atoms with Crippen molar-refractivity contribution in [2.24, 2.45) is 0 Å². The van der Waals surface area contributed by atoms with Crippen LogP contribution in [0.1, 0.15) is 5.56 Å². The maximum atomic E-state index is 12.7. The summed E-state index contributed by atoms with van der Waals surface area (Å²) >= 11 is 1.12. The molecule has 2 aromatic heterocycles. The zero-order chi connectivity index (χ0) is 13.6. The van der Waals surface area contributed by atoms with E-state index >= 15 is 0 Å². The van der Waals surface area contributed by atoms with Crippen molar-refractivity contribution in [3.8, 4) is 10.6 Å². The molecule has 3 aromatic rings. The molecule has 2 N–H and O–H groups in total. The van der Waals surface area contributed by atoms with Crippen LogP contribution in [0.15, 0.2) is 24.5 Å². The predicted octanol–water partition coefficient (Wildman–Crippen LogP) is 2.45. The summed E-state index contributed by atoms with van der Waals surface area (Å²) in [6.45, 7) is 0. The first-order chi connectivity index (χ1) is 8.95. The number of fused-ring (bicyclic) bond motifs is 1. The van der Waals surface area contributed by atoms with Gasteiger partial charge >= 0.3 is 6.18 Å². The van der Waals surface area contributed by atoms with Gasteiger partial charge in [-0.15, -0.1) is 10.2 Å². The van der Waals surface area contributed by atoms with Crippen molar-refractivity contribution in [3.63, 3.8) is 0 Å². The van der Waals surface area contributed by atoms with Gasteiger partial charge in [-0.1, -0.05) is 11.3 Å². The highest BCUT2D eigenvalue weighted by Crippen LogP contribution is 2.36. The Labute approximate surface area is 108 Å². The molecule has 5 nitrogen and oxygen atoms in total. The molecule has 0 amide bonds. The monoisotopic (exact) mass is 285 g/mol. The van der Waals surface area contributed by atoms with Gasteiger partial charge < -0.3 is 5.73 Å². The Morgan fingerprint density at radius 3 is 2.74 bits per heavy atom. The number of benzene rings is 1. The number of anilines is 1. The van der Waals surface area contributed by atoms with Crippen LogP contribution in [0.5, 0.6) is 0 Å². The molecule has 0 bridgehead atoms. The second-order valence-electron chi connectivity index (χ2n) is 3.77. The van der Waals surface area contributed by atoms with Crippen molar-refractivity contribution < 1.29 is 13.2 Å². The van der Waals surface area contributed by atoms with Crippen molar-refractivity contribution in [2.75, 3.05) is 5.73 Å². The maximum Gasteiger partial charge on any atom is 0.416 e. The van der Waals surface area contributed by atoms with Gasteiger partial charge in [-0.2, -0.15) is 22.8 Å². The summed E-state index contributed by atoms with van der Waals surface area (Å²) in [5, 5.41) is 11.9. The van der Waals surface area contributed by atoms with Gasteiger partial charge in [0.25, 0.3) is 0 Å². The number of hydrogen-bond acceptors (Lipinski definition) is 5. The first-order valence-corrected chi connectivity index (χ1v) is 5.91. The van der Waals surface area contributed by atoms with Gasteiger partial charge in [-0.05, 0) is 18.2 Å². The quantitative estimate of drug-likeness (QED) is 0.697. The molecule has 0 unspecified atom stereocenters. The SMILES string of the molecule is Nc1ccc(C(F)(F)F)cc1-c1nn2cnnc2s1. The molecule has 19 heavy (non-hydrogen) atoms. The summed E-state index contributed by atoms with van der Waals surface area (Å²) in [7, 11) is 0. The summed E-state index contributed by atoms with van der Waals surface area (Å²) in [4.78, 5) is 0.492. The second kappa shape index (κ2) is 3.92. The summed E-state index contributed by atoms with van der Waals surface area (Å²) in [5.41, 5.74) is 5.42. The first kappa shape index (κ1) is 11.9. The van der Waals surface area contributed by atoms with E-state index in [1.165, 1.54) is 16.9 Å². The maximum absolute atomic E-state index is 12.7. The summed E-state index contributed by atoms with van der Waals surface area (Å²) in [5.74, 6) is 0. The third-order valence-electron chi connectivity index (χ3n) is 2.50. The molecule has 98 valence electrons. The van der Waals surface area contributed by atoms with Gasteiger partial charge in [0.2, 0.25) is 4.96 Å². The number of nitrogen functional groups attached to an aromatic ring is 1. The topological polar surface area (TPSA) is 69.1 Å². The largest absolute Gasteiger partial charge is 0.416 e. The van der Waals surface area contributed by atoms with Crippen LogP contribution >= 0.6 is 11.3 Å². The highest BCUT2D eigenvalue weighted by atomic mass is 32.1. The van der Waals surface area contributed by atoms with Gasteiger partial charge in [-0.25, -0.2) is 0 Å². The van der Waals surface area contributed by atoms with Gasteiger partial charge in [0, 0.05) is 11.3 Å². The average Bonchev–Trinajstić information content (AvgIpc) is 2.88. The minimum absolute atomic E-state index is 0.234. The fourth-order valence-electron chi connectivity index (χ4n) is 1.59. The minimum Gasteiger partial charge on any atom is -0.398 e. The number of hydrogen-bond donors (Lipinski definition) is 1. The fraction of sp³-hybridized carbons (Fsp3) is 0.100. The van der Waals surface area contributed by atoms with Crippen molar-refractivity contribution in [3.05, 3.63) is 30.1 Å². The lowest BCUT2D eigenvalue weighted by atomic mass is 10.1. The van der Waals surface area contributed by atoms with Crippen LogP contribution in [-0.2, 0) is 6.18 Å². The van der Waals surface area contributed by atoms with Gasteiger partial charge in [0.15, 0.2) is 0 Å². The molecule has 0 aliphatic carbocycles. The molecular weight excluding hydrogens is 279 g/mol. The van der Waals surface area contributed by atoms with Crippen LogP contribution in [0, 0.1) is 0 Å². The Kier molecular flexibility index (Phi) is 2.45. The van der Waals surface area contributed by atoms with E-state index in [2.05, 4.69) is 15.3 Å². The minimum atomic E-state index is -4.42. The van der Waals surface area contributed by atoms with E-state index in [9.17, 15) is 13.2 Å². The highest BCUT2D eigenvalue weighted by Gasteiger charge is 2.31. The zero-order valence-corrected chi connectivity index (χ0v) is 10.0. The van der Waals surface area contributed by atoms with E-state index < -0.39 is 11.7 Å². The zero-order valence-electron chi connectivity index (χ0n) is 9.22. The van der Waals surface area contributed by atoms with Crippen LogP contribution in [0.3, 0.4) is 0 Å². The lowest BCUT2D eigenvalue weighted by molar-refractivity contribution is -0.137. The Bertz CT molecular complexity index is 717. The molecule has 3 rings (SSSR count). The number of halogens is 3. The van der Waals surface area contributed by atoms with E-state index in [1.54, 1.807) is 0 Å². The molecule has 0 aliphatic heterocycles. The van der Waals surface area contributed by atoms with Crippen molar-refractivity contribution in [1.29, 1.82) is 0 Å². The lowest BCUT2D eigenvalue weighted by Gasteiger charge is -2.09. The number of nitrogens with two attached hydrogens (primary N) is 1. The fourth-order valence-corrected chi connectivity index (χ4v) is 2.44. The molecular formula is C10H6F3N5S. The average molecular weight is 285 g/mol. The van der Waals surface area contributed by atoms with E-state index in [1.807, 2.05) is 0 Å². The van der Waals surface area contributed by atoms with Crippen LogP contribution < -0.4 is 5.73 Å². The highest BCUT2D eigenvalue weighted by molar-refractivity contribution is 7.19. The van der Waals surface area contributed by atoms with E-state index in [4.69, 9.17) is 5.73 Å². The third-order valence-corrected chi connectivity index (χ3v) is 3.44. The summed E-state index contributed by atoms with van der Waals surface area (Å²) in [6, 6.07) is 3.15. The predicted molar refractivity (Wildman–Crippen MR) is 63.5 cm³/mol. The van der Waals surface area contributed by atoms with Gasteiger partial charge in [0.1, 0.15) is 11.3 Å². The normalized spacial score (nSPS) is 12.2. The molecule has 0 spiro atoms. The molecule has 0 aliphatic rings. The summed E-state index contributed by atoms with van der Waals surface area (Å²) < 4.78 is 39.4. The molecule has 2 heterocycles. The molecule has 9 heteroatoms. The molecule has 1 aromatic carbocycles. The number of alkyl halides is 3. The van der Waals surface area contributed by atoms with Gasteiger partial charge in [0.05, 0.1) is 5.56 Å².